The Morgan fingerprint density at radius 1 is 1.06 bits per heavy atom. The molecule has 31 heavy (non-hydrogen) atoms. The number of amides is 1. The molecule has 1 aromatic heterocycles. The lowest BCUT2D eigenvalue weighted by molar-refractivity contribution is -0.133. The molecule has 1 saturated heterocycles. The van der Waals surface area contributed by atoms with Crippen LogP contribution in [0, 0.1) is 24.5 Å². The second-order valence-corrected chi connectivity index (χ2v) is 7.74. The number of hydrogen-bond acceptors (Lipinski definition) is 4. The van der Waals surface area contributed by atoms with Crippen molar-refractivity contribution in [3.05, 3.63) is 75.7 Å². The number of nitrogens with zero attached hydrogens (tertiary/aromatic N) is 3. The molecule has 4 rings (SSSR count). The molecule has 0 unspecified atom stereocenters. The fraction of sp³-hybridized carbons (Fsp3) is 0.304. The van der Waals surface area contributed by atoms with Crippen LogP contribution in [0.4, 0.5) is 8.78 Å². The third-order valence-corrected chi connectivity index (χ3v) is 5.75. The molecule has 0 radical (unpaired) electrons. The predicted octanol–water partition coefficient (Wildman–Crippen LogP) is 3.10. The number of piperidine rings is 1. The molecule has 1 aliphatic heterocycles. The summed E-state index contributed by atoms with van der Waals surface area (Å²) >= 11 is 0. The first-order chi connectivity index (χ1) is 14.8. The number of aryl methyl sites for hydroxylation is 1. The SMILES string of the molecule is Cc1nn(CC(=O)N2CCC(C(=O)c3cc(F)ccc3F)CC2)c(=O)c2ccccc12. The largest absolute Gasteiger partial charge is 0.341 e. The van der Waals surface area contributed by atoms with Crippen molar-refractivity contribution in [1.82, 2.24) is 14.7 Å². The van der Waals surface area contributed by atoms with E-state index in [0.29, 0.717) is 37.0 Å². The van der Waals surface area contributed by atoms with E-state index in [9.17, 15) is 23.2 Å². The van der Waals surface area contributed by atoms with Gasteiger partial charge in [-0.2, -0.15) is 5.10 Å². The van der Waals surface area contributed by atoms with Gasteiger partial charge in [-0.15, -0.1) is 0 Å². The summed E-state index contributed by atoms with van der Waals surface area (Å²) in [6.45, 7) is 2.19. The summed E-state index contributed by atoms with van der Waals surface area (Å²) in [5.41, 5.74) is 0.0674. The standard InChI is InChI=1S/C23H21F2N3O3/c1-14-17-4-2-3-5-18(17)23(31)28(26-14)13-21(29)27-10-8-15(9-11-27)22(30)19-12-16(24)6-7-20(19)25/h2-7,12,15H,8-11,13H2,1H3. The minimum absolute atomic E-state index is 0.193. The molecule has 160 valence electrons. The van der Waals surface area contributed by atoms with E-state index >= 15 is 0 Å². The highest BCUT2D eigenvalue weighted by molar-refractivity contribution is 5.98. The van der Waals surface area contributed by atoms with Crippen molar-refractivity contribution < 1.29 is 18.4 Å². The number of carbonyl (C=O) groups is 2. The summed E-state index contributed by atoms with van der Waals surface area (Å²) in [6, 6.07) is 9.93. The van der Waals surface area contributed by atoms with Crippen LogP contribution in [0.5, 0.6) is 0 Å². The maximum absolute atomic E-state index is 13.9. The molecule has 1 aliphatic rings. The number of ketones is 1. The van der Waals surface area contributed by atoms with E-state index in [1.54, 1.807) is 24.0 Å². The number of Topliss-reactive ketones (excluding diaryl/α,β-unsaturated/α-hetero) is 1. The van der Waals surface area contributed by atoms with Crippen molar-refractivity contribution >= 4 is 22.5 Å². The van der Waals surface area contributed by atoms with Crippen LogP contribution in [0.3, 0.4) is 0 Å². The van der Waals surface area contributed by atoms with Crippen molar-refractivity contribution in [3.8, 4) is 0 Å². The van der Waals surface area contributed by atoms with Crippen molar-refractivity contribution in [2.45, 2.75) is 26.3 Å². The number of likely N-dealkylation sites (tertiary alicyclic amines) is 1. The monoisotopic (exact) mass is 425 g/mol. The topological polar surface area (TPSA) is 72.3 Å². The van der Waals surface area contributed by atoms with Gasteiger partial charge in [0.05, 0.1) is 16.6 Å². The molecule has 0 atom stereocenters. The molecule has 0 bridgehead atoms. The number of aromatic nitrogens is 2. The number of fused-ring (bicyclic) bond motifs is 1. The van der Waals surface area contributed by atoms with E-state index in [4.69, 9.17) is 0 Å². The van der Waals surface area contributed by atoms with Crippen molar-refractivity contribution in [2.75, 3.05) is 13.1 Å². The number of benzene rings is 2. The van der Waals surface area contributed by atoms with E-state index in [1.165, 1.54) is 4.68 Å². The van der Waals surface area contributed by atoms with Gasteiger partial charge in [0.1, 0.15) is 18.2 Å². The smallest absolute Gasteiger partial charge is 0.275 e. The highest BCUT2D eigenvalue weighted by Gasteiger charge is 2.29. The predicted molar refractivity (Wildman–Crippen MR) is 111 cm³/mol. The molecule has 1 fully saturated rings. The van der Waals surface area contributed by atoms with Gasteiger partial charge in [0.2, 0.25) is 5.91 Å². The summed E-state index contributed by atoms with van der Waals surface area (Å²) in [5, 5.41) is 5.52. The number of halogens is 2. The normalized spacial score (nSPS) is 14.7. The van der Waals surface area contributed by atoms with Gasteiger partial charge in [-0.3, -0.25) is 14.4 Å². The van der Waals surface area contributed by atoms with Crippen LogP contribution in [-0.4, -0.2) is 39.5 Å². The molecule has 3 aromatic rings. The minimum Gasteiger partial charge on any atom is -0.341 e. The fourth-order valence-corrected chi connectivity index (χ4v) is 4.04. The quantitative estimate of drug-likeness (QED) is 0.603. The van der Waals surface area contributed by atoms with Gasteiger partial charge in [0.25, 0.3) is 5.56 Å². The van der Waals surface area contributed by atoms with E-state index < -0.39 is 23.3 Å². The van der Waals surface area contributed by atoms with Crippen molar-refractivity contribution in [2.24, 2.45) is 5.92 Å². The summed E-state index contributed by atoms with van der Waals surface area (Å²) in [6.07, 6.45) is 0.694. The lowest BCUT2D eigenvalue weighted by Gasteiger charge is -2.31. The van der Waals surface area contributed by atoms with Crippen LogP contribution >= 0.6 is 0 Å². The van der Waals surface area contributed by atoms with Gasteiger partial charge in [-0.25, -0.2) is 13.5 Å². The average molecular weight is 425 g/mol. The molecule has 2 heterocycles. The number of carbonyl (C=O) groups excluding carboxylic acids is 2. The molecular formula is C23H21F2N3O3. The van der Waals surface area contributed by atoms with Crippen LogP contribution in [0.15, 0.2) is 47.3 Å². The third-order valence-electron chi connectivity index (χ3n) is 5.75. The summed E-state index contributed by atoms with van der Waals surface area (Å²) in [7, 11) is 0. The van der Waals surface area contributed by atoms with E-state index in [2.05, 4.69) is 5.10 Å². The molecular weight excluding hydrogens is 404 g/mol. The molecule has 8 heteroatoms. The van der Waals surface area contributed by atoms with Crippen LogP contribution < -0.4 is 5.56 Å². The molecule has 0 saturated carbocycles. The number of hydrogen-bond donors (Lipinski definition) is 0. The fourth-order valence-electron chi connectivity index (χ4n) is 4.04. The first kappa shape index (κ1) is 20.8. The Bertz CT molecular complexity index is 1230. The lowest BCUT2D eigenvalue weighted by Crippen LogP contribution is -2.43. The second-order valence-electron chi connectivity index (χ2n) is 7.74. The maximum Gasteiger partial charge on any atom is 0.275 e. The molecule has 6 nitrogen and oxygen atoms in total. The molecule has 0 N–H and O–H groups in total. The Morgan fingerprint density at radius 3 is 2.45 bits per heavy atom. The van der Waals surface area contributed by atoms with Gasteiger partial charge in [-0.1, -0.05) is 18.2 Å². The van der Waals surface area contributed by atoms with E-state index in [0.717, 1.165) is 23.6 Å². The van der Waals surface area contributed by atoms with Crippen LogP contribution in [0.25, 0.3) is 10.8 Å². The zero-order valence-corrected chi connectivity index (χ0v) is 17.0. The molecule has 0 spiro atoms. The van der Waals surface area contributed by atoms with Gasteiger partial charge in [0.15, 0.2) is 5.78 Å². The van der Waals surface area contributed by atoms with Gasteiger partial charge < -0.3 is 4.90 Å². The van der Waals surface area contributed by atoms with Gasteiger partial charge in [0, 0.05) is 24.4 Å². The highest BCUT2D eigenvalue weighted by atomic mass is 19.1. The zero-order chi connectivity index (χ0) is 22.1. The van der Waals surface area contributed by atoms with Crippen LogP contribution in [0.2, 0.25) is 0 Å². The molecule has 1 amide bonds. The second kappa shape index (κ2) is 8.37. The third kappa shape index (κ3) is 4.10. The van der Waals surface area contributed by atoms with Gasteiger partial charge >= 0.3 is 0 Å². The summed E-state index contributed by atoms with van der Waals surface area (Å²) in [5.74, 6) is -2.62. The number of rotatable bonds is 4. The average Bonchev–Trinajstić information content (AvgIpc) is 2.78. The summed E-state index contributed by atoms with van der Waals surface area (Å²) in [4.78, 5) is 39.6. The Hall–Kier alpha value is -3.42. The Kier molecular flexibility index (Phi) is 5.63. The minimum atomic E-state index is -0.748. The zero-order valence-electron chi connectivity index (χ0n) is 17.0. The lowest BCUT2D eigenvalue weighted by atomic mass is 9.88. The van der Waals surface area contributed by atoms with Crippen LogP contribution in [0.1, 0.15) is 28.9 Å². The Morgan fingerprint density at radius 2 is 1.74 bits per heavy atom. The van der Waals surface area contributed by atoms with Gasteiger partial charge in [-0.05, 0) is 44.0 Å². The molecule has 0 aliphatic carbocycles. The van der Waals surface area contributed by atoms with Crippen molar-refractivity contribution in [3.63, 3.8) is 0 Å². The first-order valence-electron chi connectivity index (χ1n) is 10.1. The van der Waals surface area contributed by atoms with E-state index in [-0.39, 0.29) is 23.6 Å². The Labute approximate surface area is 177 Å². The first-order valence-corrected chi connectivity index (χ1v) is 10.1. The van der Waals surface area contributed by atoms with Crippen LogP contribution in [-0.2, 0) is 11.3 Å². The Balaban J connectivity index is 1.44. The maximum atomic E-state index is 13.9. The molecule has 2 aromatic carbocycles. The summed E-state index contributed by atoms with van der Waals surface area (Å²) < 4.78 is 28.5. The highest BCUT2D eigenvalue weighted by Crippen LogP contribution is 2.24. The van der Waals surface area contributed by atoms with E-state index in [1.807, 2.05) is 12.1 Å². The van der Waals surface area contributed by atoms with Crippen molar-refractivity contribution in [1.29, 1.82) is 0 Å².